The topological polar surface area (TPSA) is 65.7 Å². The summed E-state index contributed by atoms with van der Waals surface area (Å²) in [5.74, 6) is 0.588. The van der Waals surface area contributed by atoms with Crippen LogP contribution in [0.4, 0.5) is 0 Å². The zero-order valence-corrected chi connectivity index (χ0v) is 16.8. The van der Waals surface area contributed by atoms with Crippen LogP contribution in [-0.4, -0.2) is 13.1 Å². The van der Waals surface area contributed by atoms with Crippen LogP contribution in [0.3, 0.4) is 0 Å². The van der Waals surface area contributed by atoms with Crippen LogP contribution in [0.25, 0.3) is 22.1 Å². The summed E-state index contributed by atoms with van der Waals surface area (Å²) < 4.78 is 16.2. The highest BCUT2D eigenvalue weighted by molar-refractivity contribution is 6.30. The van der Waals surface area contributed by atoms with Crippen LogP contribution in [0, 0.1) is 0 Å². The van der Waals surface area contributed by atoms with Gasteiger partial charge in [-0.25, -0.2) is 0 Å². The summed E-state index contributed by atoms with van der Waals surface area (Å²) in [6.07, 6.45) is 1.52. The van der Waals surface area contributed by atoms with Crippen molar-refractivity contribution < 1.29 is 18.7 Å². The second-order valence-electron chi connectivity index (χ2n) is 6.64. The molecule has 0 aliphatic heterocycles. The molecule has 0 fully saturated rings. The molecule has 150 valence electrons. The SMILES string of the molecule is COc1ccc(-c2coc3cc(OC(=O)Cc4ccc(Cl)cc4)ccc3c2=O)cc1. The van der Waals surface area contributed by atoms with Crippen molar-refractivity contribution in [1.82, 2.24) is 0 Å². The molecule has 6 heteroatoms. The van der Waals surface area contributed by atoms with Gasteiger partial charge in [-0.2, -0.15) is 0 Å². The Bertz CT molecular complexity index is 1260. The number of fused-ring (bicyclic) bond motifs is 1. The second-order valence-corrected chi connectivity index (χ2v) is 7.08. The highest BCUT2D eigenvalue weighted by Crippen LogP contribution is 2.25. The molecule has 0 saturated carbocycles. The molecule has 0 spiro atoms. The summed E-state index contributed by atoms with van der Waals surface area (Å²) in [6, 6.07) is 18.8. The van der Waals surface area contributed by atoms with Crippen LogP contribution in [0.1, 0.15) is 5.56 Å². The van der Waals surface area contributed by atoms with Crippen molar-refractivity contribution in [2.45, 2.75) is 6.42 Å². The summed E-state index contributed by atoms with van der Waals surface area (Å²) in [4.78, 5) is 25.1. The summed E-state index contributed by atoms with van der Waals surface area (Å²) in [5.41, 5.74) is 2.14. The van der Waals surface area contributed by atoms with E-state index in [0.717, 1.165) is 11.1 Å². The van der Waals surface area contributed by atoms with Crippen LogP contribution >= 0.6 is 11.6 Å². The summed E-state index contributed by atoms with van der Waals surface area (Å²) in [6.45, 7) is 0. The molecule has 1 aromatic heterocycles. The van der Waals surface area contributed by atoms with E-state index in [1.807, 2.05) is 0 Å². The van der Waals surface area contributed by atoms with Crippen molar-refractivity contribution in [2.24, 2.45) is 0 Å². The third kappa shape index (κ3) is 4.21. The fourth-order valence-electron chi connectivity index (χ4n) is 3.08. The predicted molar refractivity (Wildman–Crippen MR) is 115 cm³/mol. The molecule has 0 amide bonds. The minimum atomic E-state index is -0.422. The molecular weight excluding hydrogens is 404 g/mol. The van der Waals surface area contributed by atoms with Gasteiger partial charge in [-0.05, 0) is 47.5 Å². The third-order valence-electron chi connectivity index (χ3n) is 4.64. The maximum atomic E-state index is 12.9. The van der Waals surface area contributed by atoms with Crippen molar-refractivity contribution in [2.75, 3.05) is 7.11 Å². The lowest BCUT2D eigenvalue weighted by molar-refractivity contribution is -0.133. The van der Waals surface area contributed by atoms with Gasteiger partial charge in [0, 0.05) is 11.1 Å². The zero-order valence-electron chi connectivity index (χ0n) is 16.1. The number of ether oxygens (including phenoxy) is 2. The molecule has 30 heavy (non-hydrogen) atoms. The van der Waals surface area contributed by atoms with E-state index in [1.165, 1.54) is 12.3 Å². The Balaban J connectivity index is 1.56. The molecule has 0 radical (unpaired) electrons. The molecule has 0 saturated heterocycles. The third-order valence-corrected chi connectivity index (χ3v) is 4.89. The van der Waals surface area contributed by atoms with Gasteiger partial charge < -0.3 is 13.9 Å². The fraction of sp³-hybridized carbons (Fsp3) is 0.0833. The van der Waals surface area contributed by atoms with E-state index in [4.69, 9.17) is 25.5 Å². The monoisotopic (exact) mass is 420 g/mol. The second kappa shape index (κ2) is 8.43. The Labute approximate surface area is 177 Å². The highest BCUT2D eigenvalue weighted by atomic mass is 35.5. The molecule has 0 atom stereocenters. The van der Waals surface area contributed by atoms with E-state index < -0.39 is 5.97 Å². The van der Waals surface area contributed by atoms with Gasteiger partial charge >= 0.3 is 5.97 Å². The van der Waals surface area contributed by atoms with Crippen LogP contribution < -0.4 is 14.9 Å². The van der Waals surface area contributed by atoms with Gasteiger partial charge in [0.05, 0.1) is 24.5 Å². The number of carbonyl (C=O) groups excluding carboxylic acids is 1. The average molecular weight is 421 g/mol. The number of rotatable bonds is 5. The molecule has 0 unspecified atom stereocenters. The molecule has 0 bridgehead atoms. The molecule has 4 aromatic rings. The van der Waals surface area contributed by atoms with Crippen molar-refractivity contribution in [3.05, 3.63) is 93.8 Å². The Morgan fingerprint density at radius 2 is 1.67 bits per heavy atom. The Hall–Kier alpha value is -3.57. The van der Waals surface area contributed by atoms with Gasteiger partial charge in [0.25, 0.3) is 0 Å². The first-order valence-corrected chi connectivity index (χ1v) is 9.56. The zero-order chi connectivity index (χ0) is 21.1. The van der Waals surface area contributed by atoms with Crippen molar-refractivity contribution >= 4 is 28.5 Å². The predicted octanol–water partition coefficient (Wildman–Crippen LogP) is 5.27. The van der Waals surface area contributed by atoms with Crippen LogP contribution in [0.15, 0.2) is 82.2 Å². The van der Waals surface area contributed by atoms with Crippen LogP contribution in [0.5, 0.6) is 11.5 Å². The number of methoxy groups -OCH3 is 1. The molecule has 0 aliphatic carbocycles. The number of carbonyl (C=O) groups is 1. The van der Waals surface area contributed by atoms with Gasteiger partial charge in [0.15, 0.2) is 5.43 Å². The Kier molecular flexibility index (Phi) is 5.55. The fourth-order valence-corrected chi connectivity index (χ4v) is 3.20. The van der Waals surface area contributed by atoms with E-state index in [-0.39, 0.29) is 11.8 Å². The highest BCUT2D eigenvalue weighted by Gasteiger charge is 2.12. The first kappa shape index (κ1) is 19.7. The number of hydrogen-bond acceptors (Lipinski definition) is 5. The Morgan fingerprint density at radius 3 is 2.37 bits per heavy atom. The maximum absolute atomic E-state index is 12.9. The minimum Gasteiger partial charge on any atom is -0.497 e. The van der Waals surface area contributed by atoms with Gasteiger partial charge in [-0.1, -0.05) is 35.9 Å². The van der Waals surface area contributed by atoms with E-state index >= 15 is 0 Å². The summed E-state index contributed by atoms with van der Waals surface area (Å²) >= 11 is 5.85. The minimum absolute atomic E-state index is 0.107. The lowest BCUT2D eigenvalue weighted by Crippen LogP contribution is -2.11. The number of hydrogen-bond donors (Lipinski definition) is 0. The lowest BCUT2D eigenvalue weighted by Gasteiger charge is -2.07. The number of halogens is 1. The van der Waals surface area contributed by atoms with E-state index in [9.17, 15) is 9.59 Å². The van der Waals surface area contributed by atoms with Gasteiger partial charge in [-0.3, -0.25) is 9.59 Å². The van der Waals surface area contributed by atoms with Crippen LogP contribution in [0.2, 0.25) is 5.02 Å². The molecular formula is C24H17ClO5. The van der Waals surface area contributed by atoms with Crippen molar-refractivity contribution in [1.29, 1.82) is 0 Å². The van der Waals surface area contributed by atoms with Crippen molar-refractivity contribution in [3.8, 4) is 22.6 Å². The molecule has 3 aromatic carbocycles. The van der Waals surface area contributed by atoms with Gasteiger partial charge in [-0.15, -0.1) is 0 Å². The first-order chi connectivity index (χ1) is 14.5. The van der Waals surface area contributed by atoms with E-state index in [1.54, 1.807) is 67.8 Å². The number of esters is 1. The molecule has 0 N–H and O–H groups in total. The van der Waals surface area contributed by atoms with Crippen LogP contribution in [-0.2, 0) is 11.2 Å². The molecule has 4 rings (SSSR count). The Morgan fingerprint density at radius 1 is 0.967 bits per heavy atom. The van der Waals surface area contributed by atoms with E-state index in [0.29, 0.717) is 33.1 Å². The van der Waals surface area contributed by atoms with Gasteiger partial charge in [0.1, 0.15) is 23.3 Å². The largest absolute Gasteiger partial charge is 0.497 e. The summed E-state index contributed by atoms with van der Waals surface area (Å²) in [5, 5.41) is 1.01. The lowest BCUT2D eigenvalue weighted by atomic mass is 10.1. The maximum Gasteiger partial charge on any atom is 0.315 e. The quantitative estimate of drug-likeness (QED) is 0.325. The molecule has 1 heterocycles. The molecule has 0 aliphatic rings. The summed E-state index contributed by atoms with van der Waals surface area (Å²) in [7, 11) is 1.58. The standard InChI is InChI=1S/C24H17ClO5/c1-28-18-8-4-16(5-9-18)21-14-29-22-13-19(10-11-20(22)24(21)27)30-23(26)12-15-2-6-17(25)7-3-15/h2-11,13-14H,12H2,1H3. The van der Waals surface area contributed by atoms with Crippen molar-refractivity contribution in [3.63, 3.8) is 0 Å². The molecule has 5 nitrogen and oxygen atoms in total. The number of benzene rings is 3. The smallest absolute Gasteiger partial charge is 0.315 e. The van der Waals surface area contributed by atoms with E-state index in [2.05, 4.69) is 0 Å². The first-order valence-electron chi connectivity index (χ1n) is 9.18. The normalized spacial score (nSPS) is 10.7. The van der Waals surface area contributed by atoms with Gasteiger partial charge in [0.2, 0.25) is 0 Å². The average Bonchev–Trinajstić information content (AvgIpc) is 2.76.